The predicted octanol–water partition coefficient (Wildman–Crippen LogP) is 7.22. The fourth-order valence-corrected chi connectivity index (χ4v) is 7.81. The van der Waals surface area contributed by atoms with Gasteiger partial charge in [-0.3, -0.25) is 4.79 Å². The standard InChI is InChI=1S/C28H41N3O3S2/c1-6-30-16-15-29-27(30)35-21-13-11-20(12-14-21)31(25(32)19-9-7-18(2)8-10-19)22-17-23(28(3,4)5)36-24(22)26(33)34/h15-21H,6-14H2,1-5H3,(H,33,34). The number of amides is 1. The van der Waals surface area contributed by atoms with Crippen LogP contribution < -0.4 is 4.90 Å². The van der Waals surface area contributed by atoms with E-state index in [0.717, 1.165) is 67.9 Å². The van der Waals surface area contributed by atoms with Gasteiger partial charge in [0.05, 0.1) is 5.69 Å². The van der Waals surface area contributed by atoms with Crippen molar-refractivity contribution in [3.05, 3.63) is 28.2 Å². The Balaban J connectivity index is 1.59. The quantitative estimate of drug-likeness (QED) is 0.408. The van der Waals surface area contributed by atoms with Crippen LogP contribution in [0, 0.1) is 11.8 Å². The van der Waals surface area contributed by atoms with E-state index in [1.165, 1.54) is 11.3 Å². The van der Waals surface area contributed by atoms with Crippen LogP contribution in [0.5, 0.6) is 0 Å². The number of carbonyl (C=O) groups excluding carboxylic acids is 1. The first kappa shape index (κ1) is 27.2. The molecule has 2 aromatic heterocycles. The highest BCUT2D eigenvalue weighted by molar-refractivity contribution is 7.99. The second-order valence-electron chi connectivity index (χ2n) is 11.6. The van der Waals surface area contributed by atoms with Crippen molar-refractivity contribution in [3.8, 4) is 0 Å². The Morgan fingerprint density at radius 3 is 2.39 bits per heavy atom. The number of aromatic nitrogens is 2. The van der Waals surface area contributed by atoms with E-state index >= 15 is 0 Å². The molecule has 2 aliphatic rings. The van der Waals surface area contributed by atoms with E-state index in [1.807, 2.05) is 35.1 Å². The summed E-state index contributed by atoms with van der Waals surface area (Å²) in [5.41, 5.74) is 0.455. The van der Waals surface area contributed by atoms with E-state index < -0.39 is 5.97 Å². The topological polar surface area (TPSA) is 75.4 Å². The number of carbonyl (C=O) groups is 2. The highest BCUT2D eigenvalue weighted by atomic mass is 32.2. The van der Waals surface area contributed by atoms with Crippen LogP contribution in [0.15, 0.2) is 23.6 Å². The summed E-state index contributed by atoms with van der Waals surface area (Å²) in [5.74, 6) is -0.143. The van der Waals surface area contributed by atoms with Crippen LogP contribution in [0.3, 0.4) is 0 Å². The summed E-state index contributed by atoms with van der Waals surface area (Å²) in [5, 5.41) is 11.6. The molecule has 0 spiro atoms. The van der Waals surface area contributed by atoms with Gasteiger partial charge < -0.3 is 14.6 Å². The van der Waals surface area contributed by atoms with E-state index in [2.05, 4.69) is 44.2 Å². The number of imidazole rings is 1. The molecule has 0 saturated heterocycles. The highest BCUT2D eigenvalue weighted by Gasteiger charge is 2.38. The molecule has 0 bridgehead atoms. The van der Waals surface area contributed by atoms with Gasteiger partial charge in [0, 0.05) is 41.0 Å². The predicted molar refractivity (Wildman–Crippen MR) is 148 cm³/mol. The highest BCUT2D eigenvalue weighted by Crippen LogP contribution is 2.43. The molecular weight excluding hydrogens is 490 g/mol. The van der Waals surface area contributed by atoms with E-state index in [0.29, 0.717) is 21.7 Å². The summed E-state index contributed by atoms with van der Waals surface area (Å²) >= 11 is 3.17. The smallest absolute Gasteiger partial charge is 0.348 e. The number of carboxylic acid groups (broad SMARTS) is 1. The van der Waals surface area contributed by atoms with Crippen molar-refractivity contribution in [1.82, 2.24) is 9.55 Å². The second kappa shape index (κ2) is 11.3. The van der Waals surface area contributed by atoms with E-state index in [-0.39, 0.29) is 23.3 Å². The molecule has 0 unspecified atom stereocenters. The van der Waals surface area contributed by atoms with Crippen molar-refractivity contribution in [2.24, 2.45) is 11.8 Å². The molecular formula is C28H41N3O3S2. The van der Waals surface area contributed by atoms with Crippen molar-refractivity contribution < 1.29 is 14.7 Å². The van der Waals surface area contributed by atoms with Crippen LogP contribution in [0.2, 0.25) is 0 Å². The van der Waals surface area contributed by atoms with Crippen LogP contribution in [-0.2, 0) is 16.8 Å². The lowest BCUT2D eigenvalue weighted by atomic mass is 9.81. The summed E-state index contributed by atoms with van der Waals surface area (Å²) in [6.45, 7) is 11.6. The van der Waals surface area contributed by atoms with Crippen LogP contribution in [-0.4, -0.2) is 37.8 Å². The van der Waals surface area contributed by atoms with Gasteiger partial charge in [-0.15, -0.1) is 11.3 Å². The van der Waals surface area contributed by atoms with E-state index in [9.17, 15) is 14.7 Å². The first-order valence-electron chi connectivity index (χ1n) is 13.5. The summed E-state index contributed by atoms with van der Waals surface area (Å²) in [7, 11) is 0. The van der Waals surface area contributed by atoms with E-state index in [4.69, 9.17) is 0 Å². The average Bonchev–Trinajstić information content (AvgIpc) is 3.48. The maximum absolute atomic E-state index is 14.1. The van der Waals surface area contributed by atoms with Gasteiger partial charge in [0.2, 0.25) is 5.91 Å². The molecule has 2 fully saturated rings. The van der Waals surface area contributed by atoms with Crippen LogP contribution in [0.4, 0.5) is 5.69 Å². The summed E-state index contributed by atoms with van der Waals surface area (Å²) in [6.07, 6.45) is 11.6. The third-order valence-corrected chi connectivity index (χ3v) is 10.7. The first-order chi connectivity index (χ1) is 17.1. The number of aryl methyl sites for hydroxylation is 1. The van der Waals surface area contributed by atoms with Crippen molar-refractivity contribution in [3.63, 3.8) is 0 Å². The largest absolute Gasteiger partial charge is 0.477 e. The lowest BCUT2D eigenvalue weighted by molar-refractivity contribution is -0.124. The third kappa shape index (κ3) is 6.01. The van der Waals surface area contributed by atoms with Crippen LogP contribution in [0.1, 0.15) is 101 Å². The van der Waals surface area contributed by atoms with Crippen molar-refractivity contribution in [2.45, 2.75) is 114 Å². The minimum Gasteiger partial charge on any atom is -0.477 e. The van der Waals surface area contributed by atoms with Gasteiger partial charge in [-0.05, 0) is 75.7 Å². The van der Waals surface area contributed by atoms with Gasteiger partial charge >= 0.3 is 5.97 Å². The molecule has 6 nitrogen and oxygen atoms in total. The zero-order valence-electron chi connectivity index (χ0n) is 22.3. The Labute approximate surface area is 223 Å². The first-order valence-corrected chi connectivity index (χ1v) is 15.2. The fourth-order valence-electron chi connectivity index (χ4n) is 5.51. The number of anilines is 1. The van der Waals surface area contributed by atoms with Crippen LogP contribution in [0.25, 0.3) is 0 Å². The van der Waals surface area contributed by atoms with Gasteiger partial charge in [-0.2, -0.15) is 0 Å². The Kier molecular flexibility index (Phi) is 8.55. The molecule has 0 aliphatic heterocycles. The molecule has 0 atom stereocenters. The molecule has 2 aromatic rings. The summed E-state index contributed by atoms with van der Waals surface area (Å²) in [4.78, 5) is 34.2. The van der Waals surface area contributed by atoms with Gasteiger partial charge in [-0.25, -0.2) is 9.78 Å². The van der Waals surface area contributed by atoms with Gasteiger partial charge in [0.15, 0.2) is 5.16 Å². The fraction of sp³-hybridized carbons (Fsp3) is 0.679. The molecule has 0 aromatic carbocycles. The Bertz CT molecular complexity index is 1050. The second-order valence-corrected chi connectivity index (χ2v) is 13.9. The number of carboxylic acids is 1. The lowest BCUT2D eigenvalue weighted by Gasteiger charge is -2.39. The number of rotatable bonds is 7. The molecule has 4 rings (SSSR count). The minimum atomic E-state index is -0.934. The van der Waals surface area contributed by atoms with Crippen molar-refractivity contribution in [2.75, 3.05) is 4.90 Å². The summed E-state index contributed by atoms with van der Waals surface area (Å²) < 4.78 is 2.18. The molecule has 2 aliphatic carbocycles. The van der Waals surface area contributed by atoms with Crippen molar-refractivity contribution in [1.29, 1.82) is 0 Å². The molecule has 2 saturated carbocycles. The lowest BCUT2D eigenvalue weighted by Crippen LogP contribution is -2.46. The normalized spacial score (nSPS) is 25.0. The number of aromatic carboxylic acids is 1. The number of thioether (sulfide) groups is 1. The minimum absolute atomic E-state index is 0.00930. The third-order valence-electron chi connectivity index (χ3n) is 7.81. The molecule has 1 N–H and O–H groups in total. The molecule has 1 amide bonds. The van der Waals surface area contributed by atoms with Crippen molar-refractivity contribution >= 4 is 40.7 Å². The van der Waals surface area contributed by atoms with Gasteiger partial charge in [-0.1, -0.05) is 39.5 Å². The monoisotopic (exact) mass is 531 g/mol. The molecule has 36 heavy (non-hydrogen) atoms. The summed E-state index contributed by atoms with van der Waals surface area (Å²) in [6, 6.07) is 2.04. The molecule has 2 heterocycles. The molecule has 8 heteroatoms. The number of hydrogen-bond acceptors (Lipinski definition) is 5. The maximum atomic E-state index is 14.1. The Morgan fingerprint density at radius 2 is 1.81 bits per heavy atom. The Morgan fingerprint density at radius 1 is 1.14 bits per heavy atom. The zero-order chi connectivity index (χ0) is 26.0. The Hall–Kier alpha value is -1.80. The molecule has 198 valence electrons. The SMILES string of the molecule is CCn1ccnc1SC1CCC(N(C(=O)C2CCC(C)CC2)c2cc(C(C)(C)C)sc2C(=O)O)CC1. The van der Waals surface area contributed by atoms with Crippen LogP contribution >= 0.6 is 23.1 Å². The molecule has 0 radical (unpaired) electrons. The average molecular weight is 532 g/mol. The van der Waals surface area contributed by atoms with Gasteiger partial charge in [0.1, 0.15) is 4.88 Å². The number of nitrogens with zero attached hydrogens (tertiary/aromatic N) is 3. The van der Waals surface area contributed by atoms with E-state index in [1.54, 1.807) is 0 Å². The van der Waals surface area contributed by atoms with Gasteiger partial charge in [0.25, 0.3) is 0 Å². The zero-order valence-corrected chi connectivity index (χ0v) is 24.0. The number of thiophene rings is 1. The maximum Gasteiger partial charge on any atom is 0.348 e. The number of hydrogen-bond donors (Lipinski definition) is 1.